The summed E-state index contributed by atoms with van der Waals surface area (Å²) in [6.45, 7) is 2.12. The molecule has 2 heterocycles. The van der Waals surface area contributed by atoms with Crippen molar-refractivity contribution < 1.29 is 9.53 Å². The minimum atomic E-state index is -0.247. The fraction of sp³-hybridized carbons (Fsp3) is 0.276. The first kappa shape index (κ1) is 23.9. The van der Waals surface area contributed by atoms with E-state index in [0.29, 0.717) is 28.7 Å². The summed E-state index contributed by atoms with van der Waals surface area (Å²) in [5, 5.41) is 3.43. The van der Waals surface area contributed by atoms with Crippen LogP contribution < -0.4 is 10.9 Å². The monoisotopic (exact) mass is 482 g/mol. The normalized spacial score (nSPS) is 15.5. The quantitative estimate of drug-likeness (QED) is 0.418. The average Bonchev–Trinajstić information content (AvgIpc) is 3.39. The number of carbonyl (C=O) groups is 1. The number of anilines is 1. The van der Waals surface area contributed by atoms with Crippen LogP contribution in [0.25, 0.3) is 22.0 Å². The Morgan fingerprint density at radius 3 is 2.67 bits per heavy atom. The minimum Gasteiger partial charge on any atom is -0.376 e. The van der Waals surface area contributed by atoms with Crippen LogP contribution in [-0.2, 0) is 17.8 Å². The third kappa shape index (κ3) is 5.37. The minimum absolute atomic E-state index is 0.0559. The Balaban J connectivity index is 1.29. The van der Waals surface area contributed by atoms with Gasteiger partial charge in [-0.2, -0.15) is 0 Å². The van der Waals surface area contributed by atoms with Gasteiger partial charge in [-0.1, -0.05) is 30.3 Å². The third-order valence-corrected chi connectivity index (χ3v) is 6.41. The van der Waals surface area contributed by atoms with Crippen LogP contribution in [0.2, 0.25) is 0 Å². The van der Waals surface area contributed by atoms with E-state index >= 15 is 0 Å². The summed E-state index contributed by atoms with van der Waals surface area (Å²) in [5.74, 6) is -0.247. The van der Waals surface area contributed by atoms with E-state index in [9.17, 15) is 9.59 Å². The number of nitrogens with zero attached hydrogens (tertiary/aromatic N) is 3. The molecule has 184 valence electrons. The Labute approximate surface area is 210 Å². The van der Waals surface area contributed by atoms with Crippen molar-refractivity contribution in [1.82, 2.24) is 14.5 Å². The number of hydrogen-bond acceptors (Lipinski definition) is 5. The van der Waals surface area contributed by atoms with E-state index in [2.05, 4.69) is 53.6 Å². The molecule has 1 aliphatic rings. The van der Waals surface area contributed by atoms with Crippen molar-refractivity contribution in [2.45, 2.75) is 32.0 Å². The third-order valence-electron chi connectivity index (χ3n) is 6.41. The second-order valence-electron chi connectivity index (χ2n) is 9.54. The lowest BCUT2D eigenvalue weighted by Gasteiger charge is -2.12. The molecule has 1 atom stereocenters. The van der Waals surface area contributed by atoms with Gasteiger partial charge in [-0.15, -0.1) is 0 Å². The maximum absolute atomic E-state index is 12.9. The molecule has 1 N–H and O–H groups in total. The second kappa shape index (κ2) is 10.4. The molecule has 0 aliphatic carbocycles. The van der Waals surface area contributed by atoms with Crippen molar-refractivity contribution in [3.63, 3.8) is 0 Å². The number of fused-ring (bicyclic) bond motifs is 1. The molecule has 1 saturated heterocycles. The van der Waals surface area contributed by atoms with Crippen LogP contribution in [0.1, 0.15) is 28.8 Å². The van der Waals surface area contributed by atoms with Crippen LogP contribution in [0.4, 0.5) is 5.69 Å². The average molecular weight is 483 g/mol. The van der Waals surface area contributed by atoms with Gasteiger partial charge in [0.1, 0.15) is 0 Å². The molecule has 0 bridgehead atoms. The Morgan fingerprint density at radius 1 is 1.08 bits per heavy atom. The number of amides is 1. The summed E-state index contributed by atoms with van der Waals surface area (Å²) in [6, 6.07) is 21.3. The molecule has 1 fully saturated rings. The molecule has 4 aromatic rings. The van der Waals surface area contributed by atoms with Gasteiger partial charge in [0.05, 0.1) is 29.9 Å². The Kier molecular flexibility index (Phi) is 6.93. The smallest absolute Gasteiger partial charge is 0.261 e. The molecule has 1 unspecified atom stereocenters. The molecule has 0 spiro atoms. The van der Waals surface area contributed by atoms with Gasteiger partial charge in [-0.05, 0) is 80.0 Å². The van der Waals surface area contributed by atoms with Crippen LogP contribution in [0, 0.1) is 0 Å². The first-order valence-corrected chi connectivity index (χ1v) is 12.2. The van der Waals surface area contributed by atoms with Gasteiger partial charge in [0.2, 0.25) is 0 Å². The highest BCUT2D eigenvalue weighted by atomic mass is 16.5. The fourth-order valence-corrected chi connectivity index (χ4v) is 4.60. The fourth-order valence-electron chi connectivity index (χ4n) is 4.60. The Bertz CT molecular complexity index is 1440. The Hall–Kier alpha value is -3.81. The van der Waals surface area contributed by atoms with Crippen LogP contribution in [-0.4, -0.2) is 47.2 Å². The van der Waals surface area contributed by atoms with Crippen molar-refractivity contribution in [3.8, 4) is 11.1 Å². The first-order chi connectivity index (χ1) is 17.5. The standard InChI is InChI=1S/C29H30N4O3/c1-32(2)17-20-5-3-6-22(15-20)21-8-11-24(12-9-21)31-28(34)23-10-13-26-27(16-23)30-19-33(29(26)35)18-25-7-4-14-36-25/h3,5-6,8-13,15-16,19,25H,4,7,14,17-18H2,1-2H3,(H,31,34). The highest BCUT2D eigenvalue weighted by Gasteiger charge is 2.17. The van der Waals surface area contributed by atoms with Crippen molar-refractivity contribution in [3.05, 3.63) is 94.5 Å². The van der Waals surface area contributed by atoms with Crippen molar-refractivity contribution in [2.75, 3.05) is 26.0 Å². The zero-order valence-corrected chi connectivity index (χ0v) is 20.6. The van der Waals surface area contributed by atoms with Gasteiger partial charge in [-0.25, -0.2) is 4.98 Å². The molecule has 1 aromatic heterocycles. The lowest BCUT2D eigenvalue weighted by Crippen LogP contribution is -2.26. The molecule has 3 aromatic carbocycles. The van der Waals surface area contributed by atoms with E-state index in [1.54, 1.807) is 29.1 Å². The van der Waals surface area contributed by atoms with Crippen molar-refractivity contribution in [2.24, 2.45) is 0 Å². The number of ether oxygens (including phenoxy) is 1. The number of nitrogens with one attached hydrogen (secondary N) is 1. The van der Waals surface area contributed by atoms with Gasteiger partial charge in [-0.3, -0.25) is 14.2 Å². The molecule has 1 amide bonds. The van der Waals surface area contributed by atoms with Crippen LogP contribution >= 0.6 is 0 Å². The molecule has 7 nitrogen and oxygen atoms in total. The van der Waals surface area contributed by atoms with Gasteiger partial charge in [0.25, 0.3) is 11.5 Å². The second-order valence-corrected chi connectivity index (χ2v) is 9.54. The summed E-state index contributed by atoms with van der Waals surface area (Å²) < 4.78 is 7.23. The van der Waals surface area contributed by atoms with E-state index in [4.69, 9.17) is 4.74 Å². The van der Waals surface area contributed by atoms with Gasteiger partial charge < -0.3 is 15.0 Å². The molecule has 5 rings (SSSR count). The number of hydrogen-bond donors (Lipinski definition) is 1. The molecule has 7 heteroatoms. The predicted octanol–water partition coefficient (Wildman–Crippen LogP) is 4.56. The predicted molar refractivity (Wildman–Crippen MR) is 142 cm³/mol. The van der Waals surface area contributed by atoms with Crippen LogP contribution in [0.15, 0.2) is 77.9 Å². The van der Waals surface area contributed by atoms with Crippen LogP contribution in [0.3, 0.4) is 0 Å². The zero-order chi connectivity index (χ0) is 25.1. The van der Waals surface area contributed by atoms with Gasteiger partial charge in [0.15, 0.2) is 0 Å². The lowest BCUT2D eigenvalue weighted by molar-refractivity contribution is 0.0960. The summed E-state index contributed by atoms with van der Waals surface area (Å²) in [7, 11) is 4.11. The van der Waals surface area contributed by atoms with Crippen molar-refractivity contribution in [1.29, 1.82) is 0 Å². The molecular weight excluding hydrogens is 452 g/mol. The lowest BCUT2D eigenvalue weighted by atomic mass is 10.0. The molecule has 1 aliphatic heterocycles. The SMILES string of the molecule is CN(C)Cc1cccc(-c2ccc(NC(=O)c3ccc4c(=O)n(CC5CCCO5)cnc4c3)cc2)c1. The first-order valence-electron chi connectivity index (χ1n) is 12.2. The largest absolute Gasteiger partial charge is 0.376 e. The van der Waals surface area contributed by atoms with Gasteiger partial charge in [0, 0.05) is 24.4 Å². The van der Waals surface area contributed by atoms with Gasteiger partial charge >= 0.3 is 0 Å². The number of rotatable bonds is 7. The number of benzene rings is 3. The maximum atomic E-state index is 12.9. The van der Waals surface area contributed by atoms with E-state index in [1.807, 2.05) is 24.3 Å². The highest BCUT2D eigenvalue weighted by molar-refractivity contribution is 6.06. The van der Waals surface area contributed by atoms with Crippen molar-refractivity contribution >= 4 is 22.5 Å². The molecule has 0 saturated carbocycles. The molecule has 36 heavy (non-hydrogen) atoms. The van der Waals surface area contributed by atoms with E-state index in [0.717, 1.165) is 37.1 Å². The topological polar surface area (TPSA) is 76.5 Å². The zero-order valence-electron chi connectivity index (χ0n) is 20.6. The summed E-state index contributed by atoms with van der Waals surface area (Å²) in [4.78, 5) is 32.3. The van der Waals surface area contributed by atoms with E-state index in [1.165, 1.54) is 5.56 Å². The van der Waals surface area contributed by atoms with E-state index in [-0.39, 0.29) is 17.6 Å². The van der Waals surface area contributed by atoms with Crippen LogP contribution in [0.5, 0.6) is 0 Å². The number of carbonyl (C=O) groups excluding carboxylic acids is 1. The summed E-state index contributed by atoms with van der Waals surface area (Å²) >= 11 is 0. The summed E-state index contributed by atoms with van der Waals surface area (Å²) in [5.41, 5.74) is 5.01. The highest BCUT2D eigenvalue weighted by Crippen LogP contribution is 2.23. The summed E-state index contributed by atoms with van der Waals surface area (Å²) in [6.07, 6.45) is 3.57. The Morgan fingerprint density at radius 2 is 1.92 bits per heavy atom. The number of aromatic nitrogens is 2. The molecule has 0 radical (unpaired) electrons. The molecular formula is C29H30N4O3. The maximum Gasteiger partial charge on any atom is 0.261 e. The van der Waals surface area contributed by atoms with E-state index < -0.39 is 0 Å².